The molecular weight excluding hydrogens is 563 g/mol. The molecule has 38 heavy (non-hydrogen) atoms. The molecule has 1 N–H and O–H groups in total. The number of thioether (sulfide) groups is 1. The number of hydrogen-bond donors (Lipinski definition) is 1. The van der Waals surface area contributed by atoms with E-state index in [1.54, 1.807) is 53.6 Å². The van der Waals surface area contributed by atoms with Crippen molar-refractivity contribution in [1.29, 1.82) is 0 Å². The van der Waals surface area contributed by atoms with Crippen molar-refractivity contribution in [2.24, 2.45) is 17.8 Å². The summed E-state index contributed by atoms with van der Waals surface area (Å²) in [7, 11) is 0. The Balaban J connectivity index is 1.30. The first-order valence-electron chi connectivity index (χ1n) is 12.8. The minimum Gasteiger partial charge on any atom is -0.462 e. The first-order valence-corrected chi connectivity index (χ1v) is 15.2. The topological polar surface area (TPSA) is 77.4 Å². The monoisotopic (exact) mass is 588 g/mol. The quantitative estimate of drug-likeness (QED) is 0.325. The Morgan fingerprint density at radius 1 is 1.11 bits per heavy atom. The molecule has 2 fully saturated rings. The standard InChI is InChI=1S/C28H26Cl2N2O4S2/c1-2-36-27(34)14-8-10-17(11-9-14)31-20(33)13-32-26-25(38-28(32)35)22(18-4-3-5-19(29)23(18)30)21-15-6-7-16(12-15)24(21)37-26/h3-5,8-11,15-16,21-22,24H,2,6-7,12-13H2,1H3,(H,31,33)/t15?,16?,21?,22-,24?/m1/s1. The van der Waals surface area contributed by atoms with E-state index in [0.717, 1.165) is 15.5 Å². The largest absolute Gasteiger partial charge is 0.462 e. The van der Waals surface area contributed by atoms with E-state index >= 15 is 0 Å². The predicted octanol–water partition coefficient (Wildman–Crippen LogP) is 6.68. The third kappa shape index (κ3) is 4.49. The molecular formula is C28H26Cl2N2O4S2. The number of halogens is 2. The molecule has 2 saturated carbocycles. The van der Waals surface area contributed by atoms with Crippen LogP contribution in [0, 0.1) is 17.8 Å². The summed E-state index contributed by atoms with van der Waals surface area (Å²) in [5.41, 5.74) is 1.93. The van der Waals surface area contributed by atoms with E-state index in [2.05, 4.69) is 5.32 Å². The smallest absolute Gasteiger partial charge is 0.338 e. The molecule has 0 radical (unpaired) electrons. The SMILES string of the molecule is CCOC(=O)c1ccc(NC(=O)Cn2c3c(sc2=O)[C@H](c2cccc(Cl)c2Cl)C2C4CCC(C4)C2S3)cc1. The fourth-order valence-electron chi connectivity index (χ4n) is 6.44. The number of carbonyl (C=O) groups is 2. The molecule has 0 saturated heterocycles. The Morgan fingerprint density at radius 2 is 1.87 bits per heavy atom. The minimum atomic E-state index is -0.410. The van der Waals surface area contributed by atoms with E-state index in [-0.39, 0.29) is 23.2 Å². The molecule has 2 aromatic carbocycles. The maximum absolute atomic E-state index is 13.3. The van der Waals surface area contributed by atoms with Crippen LogP contribution in [0.15, 0.2) is 52.3 Å². The zero-order valence-corrected chi connectivity index (χ0v) is 23.8. The van der Waals surface area contributed by atoms with Gasteiger partial charge in [0, 0.05) is 21.7 Å². The van der Waals surface area contributed by atoms with E-state index in [4.69, 9.17) is 27.9 Å². The normalized spacial score (nSPS) is 25.1. The van der Waals surface area contributed by atoms with Gasteiger partial charge in [0.05, 0.1) is 27.2 Å². The van der Waals surface area contributed by atoms with Gasteiger partial charge in [-0.15, -0.1) is 11.8 Å². The van der Waals surface area contributed by atoms with Crippen molar-refractivity contribution >= 4 is 63.9 Å². The third-order valence-electron chi connectivity index (χ3n) is 7.99. The lowest BCUT2D eigenvalue weighted by molar-refractivity contribution is -0.116. The predicted molar refractivity (Wildman–Crippen MR) is 152 cm³/mol. The number of hydrogen-bond acceptors (Lipinski definition) is 6. The van der Waals surface area contributed by atoms with Crippen LogP contribution in [-0.2, 0) is 16.1 Å². The van der Waals surface area contributed by atoms with Crippen LogP contribution < -0.4 is 10.2 Å². The highest BCUT2D eigenvalue weighted by Crippen LogP contribution is 2.64. The highest BCUT2D eigenvalue weighted by atomic mass is 35.5. The first-order chi connectivity index (χ1) is 18.4. The van der Waals surface area contributed by atoms with E-state index in [9.17, 15) is 14.4 Å². The van der Waals surface area contributed by atoms with Crippen LogP contribution in [0.3, 0.4) is 0 Å². The number of carbonyl (C=O) groups excluding carboxylic acids is 2. The molecule has 3 aliphatic rings. The van der Waals surface area contributed by atoms with Crippen molar-refractivity contribution in [3.8, 4) is 0 Å². The van der Waals surface area contributed by atoms with Crippen LogP contribution in [0.1, 0.15) is 52.9 Å². The van der Waals surface area contributed by atoms with Gasteiger partial charge < -0.3 is 10.1 Å². The van der Waals surface area contributed by atoms with Crippen molar-refractivity contribution in [2.45, 2.75) is 48.9 Å². The average molecular weight is 590 g/mol. The minimum absolute atomic E-state index is 0.00446. The molecule has 1 amide bonds. The number of amides is 1. The summed E-state index contributed by atoms with van der Waals surface area (Å²) in [6.45, 7) is 1.96. The first kappa shape index (κ1) is 26.0. The average Bonchev–Trinajstić information content (AvgIpc) is 3.60. The van der Waals surface area contributed by atoms with Crippen molar-refractivity contribution < 1.29 is 14.3 Å². The summed E-state index contributed by atoms with van der Waals surface area (Å²) in [4.78, 5) is 39.1. The summed E-state index contributed by atoms with van der Waals surface area (Å²) >= 11 is 16.2. The van der Waals surface area contributed by atoms with E-state index in [0.29, 0.717) is 50.9 Å². The van der Waals surface area contributed by atoms with Gasteiger partial charge >= 0.3 is 10.8 Å². The van der Waals surface area contributed by atoms with Gasteiger partial charge in [0.15, 0.2) is 0 Å². The second-order valence-corrected chi connectivity index (χ2v) is 13.0. The number of nitrogens with one attached hydrogen (secondary N) is 1. The number of esters is 1. The molecule has 6 rings (SSSR count). The molecule has 4 unspecified atom stereocenters. The molecule has 198 valence electrons. The van der Waals surface area contributed by atoms with Gasteiger partial charge in [0.25, 0.3) is 0 Å². The molecule has 10 heteroatoms. The van der Waals surface area contributed by atoms with Gasteiger partial charge in [-0.3, -0.25) is 14.2 Å². The molecule has 6 nitrogen and oxygen atoms in total. The number of anilines is 1. The molecule has 1 aromatic heterocycles. The van der Waals surface area contributed by atoms with Gasteiger partial charge in [-0.25, -0.2) is 4.79 Å². The number of aromatic nitrogens is 1. The van der Waals surface area contributed by atoms with Crippen LogP contribution in [-0.4, -0.2) is 28.3 Å². The van der Waals surface area contributed by atoms with Crippen molar-refractivity contribution in [1.82, 2.24) is 4.57 Å². The highest BCUT2D eigenvalue weighted by molar-refractivity contribution is 8.00. The lowest BCUT2D eigenvalue weighted by Gasteiger charge is -2.40. The Morgan fingerprint density at radius 3 is 2.63 bits per heavy atom. The van der Waals surface area contributed by atoms with Crippen LogP contribution in [0.4, 0.5) is 5.69 Å². The van der Waals surface area contributed by atoms with Crippen molar-refractivity contribution in [3.05, 3.63) is 78.2 Å². The summed E-state index contributed by atoms with van der Waals surface area (Å²) in [6.07, 6.45) is 3.63. The van der Waals surface area contributed by atoms with Gasteiger partial charge in [-0.05, 0) is 79.8 Å². The Bertz CT molecular complexity index is 1470. The molecule has 3 aromatic rings. The molecule has 2 heterocycles. The Hall–Kier alpha value is -2.26. The van der Waals surface area contributed by atoms with E-state index in [1.807, 2.05) is 12.1 Å². The summed E-state index contributed by atoms with van der Waals surface area (Å²) < 4.78 is 6.62. The van der Waals surface area contributed by atoms with Gasteiger partial charge in [0.1, 0.15) is 6.54 Å². The van der Waals surface area contributed by atoms with Gasteiger partial charge in [0.2, 0.25) is 5.91 Å². The number of nitrogens with zero attached hydrogens (tertiary/aromatic N) is 1. The summed E-state index contributed by atoms with van der Waals surface area (Å²) in [5.74, 6) is 0.906. The van der Waals surface area contributed by atoms with Crippen LogP contribution in [0.2, 0.25) is 10.0 Å². The molecule has 5 atom stereocenters. The maximum atomic E-state index is 13.3. The van der Waals surface area contributed by atoms with Crippen LogP contribution in [0.25, 0.3) is 0 Å². The van der Waals surface area contributed by atoms with Crippen molar-refractivity contribution in [3.63, 3.8) is 0 Å². The lowest BCUT2D eigenvalue weighted by Crippen LogP contribution is -2.35. The fourth-order valence-corrected chi connectivity index (χ4v) is 10.0. The Labute approximate surface area is 238 Å². The Kier molecular flexibility index (Phi) is 7.10. The number of fused-ring (bicyclic) bond motifs is 6. The number of benzene rings is 2. The second kappa shape index (κ2) is 10.4. The molecule has 2 bridgehead atoms. The van der Waals surface area contributed by atoms with Gasteiger partial charge in [-0.2, -0.15) is 0 Å². The van der Waals surface area contributed by atoms with Crippen LogP contribution >= 0.6 is 46.3 Å². The fraction of sp³-hybridized carbons (Fsp3) is 0.393. The molecule has 1 aliphatic heterocycles. The van der Waals surface area contributed by atoms with E-state index in [1.165, 1.54) is 30.6 Å². The van der Waals surface area contributed by atoms with Crippen LogP contribution in [0.5, 0.6) is 0 Å². The molecule has 0 spiro atoms. The number of thiazole rings is 1. The number of ether oxygens (including phenoxy) is 1. The molecule has 2 aliphatic carbocycles. The number of rotatable bonds is 6. The summed E-state index contributed by atoms with van der Waals surface area (Å²) in [6, 6.07) is 12.3. The lowest BCUT2D eigenvalue weighted by atomic mass is 9.75. The second-order valence-electron chi connectivity index (χ2n) is 10.1. The highest BCUT2D eigenvalue weighted by Gasteiger charge is 2.55. The zero-order chi connectivity index (χ0) is 26.6. The van der Waals surface area contributed by atoms with Gasteiger partial charge in [-0.1, -0.05) is 46.7 Å². The van der Waals surface area contributed by atoms with E-state index < -0.39 is 5.97 Å². The zero-order valence-electron chi connectivity index (χ0n) is 20.6. The van der Waals surface area contributed by atoms with Crippen molar-refractivity contribution in [2.75, 3.05) is 11.9 Å². The maximum Gasteiger partial charge on any atom is 0.338 e. The third-order valence-corrected chi connectivity index (χ3v) is 11.6. The summed E-state index contributed by atoms with van der Waals surface area (Å²) in [5, 5.41) is 5.19.